The molecule has 0 radical (unpaired) electrons. The number of halogens is 5. The van der Waals surface area contributed by atoms with Crippen LogP contribution < -0.4 is 10.5 Å². The van der Waals surface area contributed by atoms with Gasteiger partial charge in [-0.2, -0.15) is 13.2 Å². The van der Waals surface area contributed by atoms with Crippen LogP contribution in [0.5, 0.6) is 5.75 Å². The zero-order valence-electron chi connectivity index (χ0n) is 20.2. The number of aromatic nitrogens is 4. The Bertz CT molecular complexity index is 1460. The van der Waals surface area contributed by atoms with Crippen molar-refractivity contribution in [3.63, 3.8) is 0 Å². The maximum absolute atomic E-state index is 14.3. The van der Waals surface area contributed by atoms with Gasteiger partial charge in [-0.3, -0.25) is 9.30 Å². The van der Waals surface area contributed by atoms with Crippen molar-refractivity contribution in [1.29, 1.82) is 0 Å². The Morgan fingerprint density at radius 1 is 1.00 bits per heavy atom. The van der Waals surface area contributed by atoms with Gasteiger partial charge in [0.05, 0.1) is 6.61 Å². The van der Waals surface area contributed by atoms with Gasteiger partial charge in [-0.15, -0.1) is 35.0 Å². The van der Waals surface area contributed by atoms with E-state index in [2.05, 4.69) is 10.2 Å². The second-order valence-electron chi connectivity index (χ2n) is 10.3. The second-order valence-corrected chi connectivity index (χ2v) is 10.3. The van der Waals surface area contributed by atoms with Gasteiger partial charge >= 0.3 is 6.18 Å². The third-order valence-corrected chi connectivity index (χ3v) is 7.79. The number of piperidine rings is 1. The average Bonchev–Trinajstić information content (AvgIpc) is 3.67. The van der Waals surface area contributed by atoms with Gasteiger partial charge in [0, 0.05) is 30.7 Å². The van der Waals surface area contributed by atoms with Crippen LogP contribution in [0.25, 0.3) is 28.1 Å². The topological polar surface area (TPSA) is 81.6 Å². The van der Waals surface area contributed by atoms with E-state index in [4.69, 9.17) is 15.5 Å². The molecule has 2 aliphatic carbocycles. The Hall–Kier alpha value is -2.66. The molecule has 3 aliphatic rings. The normalized spacial score (nSPS) is 23.5. The summed E-state index contributed by atoms with van der Waals surface area (Å²) >= 11 is 0. The highest BCUT2D eigenvalue weighted by atomic mass is 35.5. The Morgan fingerprint density at radius 3 is 2.47 bits per heavy atom. The van der Waals surface area contributed by atoms with Gasteiger partial charge < -0.3 is 10.5 Å². The third-order valence-electron chi connectivity index (χ3n) is 7.79. The number of benzene rings is 1. The summed E-state index contributed by atoms with van der Waals surface area (Å²) in [6, 6.07) is 10.9. The Kier molecular flexibility index (Phi) is 6.96. The molecule has 1 aliphatic heterocycles. The van der Waals surface area contributed by atoms with Gasteiger partial charge in [0.2, 0.25) is 0 Å². The van der Waals surface area contributed by atoms with Gasteiger partial charge in [0.25, 0.3) is 0 Å². The monoisotopic (exact) mass is 566 g/mol. The number of nitrogens with zero attached hydrogens (tertiary/aromatic N) is 5. The molecule has 7 nitrogen and oxygen atoms in total. The van der Waals surface area contributed by atoms with E-state index in [1.54, 1.807) is 10.5 Å². The highest BCUT2D eigenvalue weighted by Gasteiger charge is 2.58. The molecule has 3 unspecified atom stereocenters. The van der Waals surface area contributed by atoms with Crippen LogP contribution >= 0.6 is 24.8 Å². The van der Waals surface area contributed by atoms with Crippen molar-refractivity contribution in [1.82, 2.24) is 24.5 Å². The molecule has 3 fully saturated rings. The zero-order valence-corrected chi connectivity index (χ0v) is 21.8. The number of para-hydroxylation sites is 1. The molecule has 0 bridgehead atoms. The lowest BCUT2D eigenvalue weighted by molar-refractivity contribution is -0.185. The van der Waals surface area contributed by atoms with E-state index in [1.807, 2.05) is 30.3 Å². The molecule has 38 heavy (non-hydrogen) atoms. The lowest BCUT2D eigenvalue weighted by atomic mass is 10.1. The fraction of sp³-hybridized carbons (Fsp3) is 0.423. The average molecular weight is 567 g/mol. The molecule has 1 saturated heterocycles. The van der Waals surface area contributed by atoms with Crippen molar-refractivity contribution < 1.29 is 17.9 Å². The first-order chi connectivity index (χ1) is 17.4. The van der Waals surface area contributed by atoms with E-state index in [0.717, 1.165) is 5.39 Å². The van der Waals surface area contributed by atoms with Crippen molar-refractivity contribution in [3.8, 4) is 17.3 Å². The van der Waals surface area contributed by atoms with Crippen LogP contribution in [0.1, 0.15) is 24.4 Å². The first-order valence-corrected chi connectivity index (χ1v) is 12.3. The molecule has 2 saturated carbocycles. The number of fused-ring (bicyclic) bond motifs is 3. The molecule has 1 aromatic carbocycles. The summed E-state index contributed by atoms with van der Waals surface area (Å²) in [5.74, 6) is 1.99. The highest BCUT2D eigenvalue weighted by Crippen LogP contribution is 2.49. The van der Waals surface area contributed by atoms with Crippen molar-refractivity contribution in [2.24, 2.45) is 23.5 Å². The quantitative estimate of drug-likeness (QED) is 0.351. The number of hydrogen-bond acceptors (Lipinski definition) is 6. The predicted octanol–water partition coefficient (Wildman–Crippen LogP) is 5.07. The molecule has 7 rings (SSSR count). The van der Waals surface area contributed by atoms with Crippen LogP contribution in [0.2, 0.25) is 0 Å². The Labute approximate surface area is 229 Å². The van der Waals surface area contributed by atoms with Crippen LogP contribution in [0.15, 0.2) is 48.7 Å². The number of likely N-dealkylation sites (tertiary alicyclic amines) is 1. The number of pyridine rings is 2. The molecule has 0 spiro atoms. The maximum Gasteiger partial charge on any atom is 0.408 e. The Balaban J connectivity index is 0.00000147. The van der Waals surface area contributed by atoms with Crippen molar-refractivity contribution in [2.45, 2.75) is 31.1 Å². The van der Waals surface area contributed by atoms with Crippen LogP contribution in [-0.4, -0.2) is 56.4 Å². The number of rotatable bonds is 6. The molecule has 4 heterocycles. The molecule has 12 heteroatoms. The summed E-state index contributed by atoms with van der Waals surface area (Å²) in [5, 5.41) is 9.38. The summed E-state index contributed by atoms with van der Waals surface area (Å²) in [4.78, 5) is 6.30. The fourth-order valence-corrected chi connectivity index (χ4v) is 5.52. The third kappa shape index (κ3) is 4.68. The van der Waals surface area contributed by atoms with E-state index < -0.39 is 12.2 Å². The molecule has 2 N–H and O–H groups in total. The molecule has 3 atom stereocenters. The minimum absolute atomic E-state index is 0. The van der Waals surface area contributed by atoms with E-state index in [-0.39, 0.29) is 48.3 Å². The van der Waals surface area contributed by atoms with Gasteiger partial charge in [-0.25, -0.2) is 4.98 Å². The van der Waals surface area contributed by atoms with Crippen LogP contribution in [0.4, 0.5) is 13.2 Å². The number of alkyl halides is 3. The van der Waals surface area contributed by atoms with E-state index in [0.29, 0.717) is 54.0 Å². The van der Waals surface area contributed by atoms with Gasteiger partial charge in [-0.1, -0.05) is 24.3 Å². The first-order valence-electron chi connectivity index (χ1n) is 12.3. The minimum atomic E-state index is -4.42. The van der Waals surface area contributed by atoms with Crippen molar-refractivity contribution >= 4 is 41.4 Å². The molecule has 3 aromatic heterocycles. The summed E-state index contributed by atoms with van der Waals surface area (Å²) in [5.41, 5.74) is 7.80. The number of nitrogens with two attached hydrogens (primary N) is 1. The Morgan fingerprint density at radius 2 is 1.76 bits per heavy atom. The second kappa shape index (κ2) is 9.82. The van der Waals surface area contributed by atoms with Gasteiger partial charge in [-0.05, 0) is 54.4 Å². The van der Waals surface area contributed by atoms with Crippen molar-refractivity contribution in [2.75, 3.05) is 19.7 Å². The van der Waals surface area contributed by atoms with E-state index in [1.165, 1.54) is 30.0 Å². The zero-order chi connectivity index (χ0) is 24.6. The van der Waals surface area contributed by atoms with Crippen molar-refractivity contribution in [3.05, 3.63) is 54.2 Å². The summed E-state index contributed by atoms with van der Waals surface area (Å²) in [6.45, 7) is 1.38. The summed E-state index contributed by atoms with van der Waals surface area (Å²) < 4.78 is 50.4. The first kappa shape index (κ1) is 26.9. The van der Waals surface area contributed by atoms with E-state index >= 15 is 0 Å². The molecular formula is C26H27Cl2F3N6O. The largest absolute Gasteiger partial charge is 0.491 e. The van der Waals surface area contributed by atoms with E-state index in [9.17, 15) is 13.2 Å². The molecule has 0 amide bonds. The van der Waals surface area contributed by atoms with Gasteiger partial charge in [0.15, 0.2) is 11.5 Å². The summed E-state index contributed by atoms with van der Waals surface area (Å²) in [6.07, 6.45) is -0.560. The lowest BCUT2D eigenvalue weighted by Crippen LogP contribution is -2.40. The van der Waals surface area contributed by atoms with Crippen LogP contribution in [0.3, 0.4) is 0 Å². The fourth-order valence-electron chi connectivity index (χ4n) is 5.52. The van der Waals surface area contributed by atoms with Crippen LogP contribution in [-0.2, 0) is 0 Å². The van der Waals surface area contributed by atoms with Crippen LogP contribution in [0, 0.1) is 17.8 Å². The smallest absolute Gasteiger partial charge is 0.408 e. The number of ether oxygens (including phenoxy) is 1. The minimum Gasteiger partial charge on any atom is -0.491 e. The number of hydrogen-bond donors (Lipinski definition) is 1. The lowest BCUT2D eigenvalue weighted by Gasteiger charge is -2.31. The predicted molar refractivity (Wildman–Crippen MR) is 142 cm³/mol. The summed E-state index contributed by atoms with van der Waals surface area (Å²) in [7, 11) is 0. The molecule has 202 valence electrons. The molecular weight excluding hydrogens is 540 g/mol. The van der Waals surface area contributed by atoms with Gasteiger partial charge in [0.1, 0.15) is 23.0 Å². The SMILES string of the molecule is Cl.Cl.NC1C2CN(C(c3ccc4nnc(-c5ccc6cccc(OCC7CC7)c6n5)n4c3)C(F)(F)F)CC12. The highest BCUT2D eigenvalue weighted by molar-refractivity contribution is 5.86. The standard InChI is InChI=1S/C26H25F3N6O.2ClH/c27-26(28,29)24(34-11-17-18(12-34)22(17)30)16-7-9-21-32-33-25(35(21)10-16)19-8-6-15-2-1-3-20(23(15)31-19)36-13-14-4-5-14;;/h1-3,6-10,14,17-18,22,24H,4-5,11-13,30H2;2*1H. The maximum atomic E-state index is 14.3. The molecule has 4 aromatic rings.